The highest BCUT2D eigenvalue weighted by Crippen LogP contribution is 2.20. The van der Waals surface area contributed by atoms with Crippen LogP contribution in [0.1, 0.15) is 29.3 Å². The van der Waals surface area contributed by atoms with Crippen molar-refractivity contribution in [3.8, 4) is 0 Å². The Kier molecular flexibility index (Phi) is 4.24. The van der Waals surface area contributed by atoms with Crippen molar-refractivity contribution in [2.24, 2.45) is 5.92 Å². The monoisotopic (exact) mass is 284 g/mol. The zero-order valence-corrected chi connectivity index (χ0v) is 10.7. The van der Waals surface area contributed by atoms with Crippen LogP contribution in [-0.2, 0) is 4.79 Å². The summed E-state index contributed by atoms with van der Waals surface area (Å²) < 4.78 is 0.823. The minimum Gasteiger partial charge on any atom is -0.481 e. The van der Waals surface area contributed by atoms with Crippen molar-refractivity contribution in [3.63, 3.8) is 0 Å². The van der Waals surface area contributed by atoms with Crippen LogP contribution in [-0.4, -0.2) is 16.9 Å². The van der Waals surface area contributed by atoms with E-state index < -0.39 is 11.9 Å². The lowest BCUT2D eigenvalue weighted by atomic mass is 9.94. The Balaban J connectivity index is 2.95. The highest BCUT2D eigenvalue weighted by Gasteiger charge is 2.19. The molecular formula is C12H13BrO3. The number of hydrogen-bond acceptors (Lipinski definition) is 2. The second-order valence-electron chi connectivity index (χ2n) is 3.82. The lowest BCUT2D eigenvalue weighted by Crippen LogP contribution is -2.16. The third-order valence-corrected chi connectivity index (χ3v) is 2.89. The van der Waals surface area contributed by atoms with Gasteiger partial charge in [0.1, 0.15) is 0 Å². The summed E-state index contributed by atoms with van der Waals surface area (Å²) in [5.74, 6) is -1.57. The summed E-state index contributed by atoms with van der Waals surface area (Å²) in [6, 6.07) is 5.43. The third-order valence-electron chi connectivity index (χ3n) is 2.39. The fourth-order valence-electron chi connectivity index (χ4n) is 1.48. The topological polar surface area (TPSA) is 54.4 Å². The molecule has 0 amide bonds. The van der Waals surface area contributed by atoms with Gasteiger partial charge in [-0.2, -0.15) is 0 Å². The molecular weight excluding hydrogens is 272 g/mol. The molecule has 1 aromatic carbocycles. The Morgan fingerprint density at radius 2 is 2.06 bits per heavy atom. The van der Waals surface area contributed by atoms with E-state index in [1.165, 1.54) is 0 Å². The zero-order chi connectivity index (χ0) is 12.3. The number of benzene rings is 1. The number of ketones is 1. The van der Waals surface area contributed by atoms with E-state index >= 15 is 0 Å². The summed E-state index contributed by atoms with van der Waals surface area (Å²) in [4.78, 5) is 22.5. The number of Topliss-reactive ketones (excluding diaryl/α,β-unsaturated/α-hetero) is 1. The van der Waals surface area contributed by atoms with Crippen molar-refractivity contribution in [1.29, 1.82) is 0 Å². The standard InChI is InChI=1S/C12H13BrO3/c1-7-3-4-9(13)6-10(7)12(16)8(2)5-11(14)15/h3-4,6,8H,5H2,1-2H3,(H,14,15). The van der Waals surface area contributed by atoms with Crippen LogP contribution in [0.3, 0.4) is 0 Å². The van der Waals surface area contributed by atoms with Gasteiger partial charge in [0.15, 0.2) is 5.78 Å². The van der Waals surface area contributed by atoms with Crippen molar-refractivity contribution < 1.29 is 14.7 Å². The molecule has 0 aliphatic rings. The number of carboxylic acid groups (broad SMARTS) is 1. The van der Waals surface area contributed by atoms with E-state index in [9.17, 15) is 9.59 Å². The van der Waals surface area contributed by atoms with Crippen LogP contribution in [0.5, 0.6) is 0 Å². The number of hydrogen-bond donors (Lipinski definition) is 1. The molecule has 1 unspecified atom stereocenters. The summed E-state index contributed by atoms with van der Waals surface area (Å²) >= 11 is 3.30. The lowest BCUT2D eigenvalue weighted by Gasteiger charge is -2.10. The van der Waals surface area contributed by atoms with Crippen molar-refractivity contribution >= 4 is 27.7 Å². The molecule has 1 atom stereocenters. The smallest absolute Gasteiger partial charge is 0.304 e. The predicted octanol–water partition coefficient (Wildman–Crippen LogP) is 3.05. The Morgan fingerprint density at radius 1 is 1.44 bits per heavy atom. The third kappa shape index (κ3) is 3.17. The van der Waals surface area contributed by atoms with Gasteiger partial charge in [-0.25, -0.2) is 0 Å². The number of rotatable bonds is 4. The molecule has 1 aromatic rings. The first-order chi connectivity index (χ1) is 7.41. The predicted molar refractivity (Wildman–Crippen MR) is 64.6 cm³/mol. The largest absolute Gasteiger partial charge is 0.481 e. The molecule has 0 heterocycles. The maximum absolute atomic E-state index is 12.0. The summed E-state index contributed by atoms with van der Waals surface area (Å²) in [5.41, 5.74) is 1.45. The molecule has 4 heteroatoms. The number of carbonyl (C=O) groups is 2. The Bertz CT molecular complexity index is 426. The van der Waals surface area contributed by atoms with Gasteiger partial charge in [-0.05, 0) is 24.6 Å². The van der Waals surface area contributed by atoms with E-state index in [1.807, 2.05) is 19.1 Å². The molecule has 0 saturated carbocycles. The van der Waals surface area contributed by atoms with Crippen LogP contribution in [0.4, 0.5) is 0 Å². The van der Waals surface area contributed by atoms with Crippen LogP contribution in [0.25, 0.3) is 0 Å². The van der Waals surface area contributed by atoms with Crippen LogP contribution < -0.4 is 0 Å². The maximum Gasteiger partial charge on any atom is 0.304 e. The van der Waals surface area contributed by atoms with Crippen LogP contribution >= 0.6 is 15.9 Å². The molecule has 86 valence electrons. The zero-order valence-electron chi connectivity index (χ0n) is 9.16. The van der Waals surface area contributed by atoms with E-state index in [-0.39, 0.29) is 12.2 Å². The average molecular weight is 285 g/mol. The molecule has 0 aliphatic heterocycles. The van der Waals surface area contributed by atoms with E-state index in [1.54, 1.807) is 13.0 Å². The summed E-state index contributed by atoms with van der Waals surface area (Å²) in [6.45, 7) is 3.48. The molecule has 0 fully saturated rings. The molecule has 0 saturated heterocycles. The fraction of sp³-hybridized carbons (Fsp3) is 0.333. The molecule has 1 rings (SSSR count). The molecule has 0 radical (unpaired) electrons. The van der Waals surface area contributed by atoms with Crippen molar-refractivity contribution in [3.05, 3.63) is 33.8 Å². The second kappa shape index (κ2) is 5.25. The van der Waals surface area contributed by atoms with Crippen LogP contribution in [0.2, 0.25) is 0 Å². The highest BCUT2D eigenvalue weighted by molar-refractivity contribution is 9.10. The second-order valence-corrected chi connectivity index (χ2v) is 4.74. The van der Waals surface area contributed by atoms with Crippen molar-refractivity contribution in [1.82, 2.24) is 0 Å². The van der Waals surface area contributed by atoms with Gasteiger partial charge in [0, 0.05) is 16.0 Å². The van der Waals surface area contributed by atoms with Gasteiger partial charge in [0.25, 0.3) is 0 Å². The van der Waals surface area contributed by atoms with Crippen molar-refractivity contribution in [2.45, 2.75) is 20.3 Å². The summed E-state index contributed by atoms with van der Waals surface area (Å²) in [7, 11) is 0. The molecule has 1 N–H and O–H groups in total. The quantitative estimate of drug-likeness (QED) is 0.865. The van der Waals surface area contributed by atoms with E-state index in [0.29, 0.717) is 5.56 Å². The highest BCUT2D eigenvalue weighted by atomic mass is 79.9. The Labute approximate surface area is 103 Å². The van der Waals surface area contributed by atoms with Gasteiger partial charge in [0.05, 0.1) is 6.42 Å². The number of carboxylic acids is 1. The van der Waals surface area contributed by atoms with E-state index in [0.717, 1.165) is 10.0 Å². The van der Waals surface area contributed by atoms with Gasteiger partial charge >= 0.3 is 5.97 Å². The van der Waals surface area contributed by atoms with Gasteiger partial charge in [-0.3, -0.25) is 9.59 Å². The molecule has 0 aromatic heterocycles. The molecule has 0 spiro atoms. The SMILES string of the molecule is Cc1ccc(Br)cc1C(=O)C(C)CC(=O)O. The number of aryl methyl sites for hydroxylation is 1. The van der Waals surface area contributed by atoms with E-state index in [4.69, 9.17) is 5.11 Å². The average Bonchev–Trinajstić information content (AvgIpc) is 2.19. The summed E-state index contributed by atoms with van der Waals surface area (Å²) in [5, 5.41) is 8.64. The molecule has 0 aliphatic carbocycles. The number of halogens is 1. The fourth-order valence-corrected chi connectivity index (χ4v) is 1.84. The van der Waals surface area contributed by atoms with Crippen LogP contribution in [0.15, 0.2) is 22.7 Å². The first-order valence-corrected chi connectivity index (χ1v) is 5.73. The van der Waals surface area contributed by atoms with E-state index in [2.05, 4.69) is 15.9 Å². The van der Waals surface area contributed by atoms with Gasteiger partial charge in [-0.15, -0.1) is 0 Å². The Morgan fingerprint density at radius 3 is 2.62 bits per heavy atom. The minimum atomic E-state index is -0.950. The molecule has 3 nitrogen and oxygen atoms in total. The first-order valence-electron chi connectivity index (χ1n) is 4.94. The van der Waals surface area contributed by atoms with Gasteiger partial charge in [-0.1, -0.05) is 28.9 Å². The van der Waals surface area contributed by atoms with Crippen molar-refractivity contribution in [2.75, 3.05) is 0 Å². The number of carbonyl (C=O) groups excluding carboxylic acids is 1. The summed E-state index contributed by atoms with van der Waals surface area (Å²) in [6.07, 6.45) is -0.134. The van der Waals surface area contributed by atoms with Crippen LogP contribution in [0, 0.1) is 12.8 Å². The lowest BCUT2D eigenvalue weighted by molar-refractivity contribution is -0.137. The van der Waals surface area contributed by atoms with Gasteiger partial charge in [0.2, 0.25) is 0 Å². The normalized spacial score (nSPS) is 12.2. The van der Waals surface area contributed by atoms with Gasteiger partial charge < -0.3 is 5.11 Å². The maximum atomic E-state index is 12.0. The molecule has 16 heavy (non-hydrogen) atoms. The Hall–Kier alpha value is -1.16. The number of aliphatic carboxylic acids is 1. The minimum absolute atomic E-state index is 0.124. The molecule has 0 bridgehead atoms. The first kappa shape index (κ1) is 12.9.